The summed E-state index contributed by atoms with van der Waals surface area (Å²) in [5.41, 5.74) is 3.93. The molecule has 0 spiro atoms. The van der Waals surface area contributed by atoms with Crippen LogP contribution in [0.3, 0.4) is 0 Å². The molecule has 0 aromatic heterocycles. The molecule has 0 aliphatic carbocycles. The van der Waals surface area contributed by atoms with Crippen molar-refractivity contribution in [1.29, 1.82) is 0 Å². The molecule has 0 bridgehead atoms. The van der Waals surface area contributed by atoms with Crippen LogP contribution in [0, 0.1) is 20.8 Å². The van der Waals surface area contributed by atoms with Crippen LogP contribution in [0.1, 0.15) is 30.5 Å². The number of hydrogen-bond acceptors (Lipinski definition) is 4. The third-order valence-electron chi connectivity index (χ3n) is 3.44. The molecule has 4 amide bonds. The van der Waals surface area contributed by atoms with Crippen LogP contribution in [0.15, 0.2) is 12.1 Å². The first-order chi connectivity index (χ1) is 11.6. The fraction of sp³-hybridized carbons (Fsp3) is 0.500. The van der Waals surface area contributed by atoms with Crippen LogP contribution in [0.5, 0.6) is 0 Å². The molecule has 7 heteroatoms. The Kier molecular flexibility index (Phi) is 7.57. The van der Waals surface area contributed by atoms with Gasteiger partial charge in [0.1, 0.15) is 0 Å². The second kappa shape index (κ2) is 9.17. The van der Waals surface area contributed by atoms with E-state index in [9.17, 15) is 14.4 Å². The fourth-order valence-corrected chi connectivity index (χ4v) is 2.57. The van der Waals surface area contributed by atoms with Crippen molar-refractivity contribution < 1.29 is 14.4 Å². The van der Waals surface area contributed by atoms with Gasteiger partial charge in [-0.25, -0.2) is 4.79 Å². The zero-order valence-corrected chi connectivity index (χ0v) is 15.8. The summed E-state index contributed by atoms with van der Waals surface area (Å²) in [6.07, 6.45) is 0. The quantitative estimate of drug-likeness (QED) is 0.730. The Morgan fingerprint density at radius 1 is 1.00 bits per heavy atom. The van der Waals surface area contributed by atoms with Crippen molar-refractivity contribution in [2.24, 2.45) is 0 Å². The molecule has 25 heavy (non-hydrogen) atoms. The third-order valence-corrected chi connectivity index (χ3v) is 3.44. The van der Waals surface area contributed by atoms with Crippen LogP contribution >= 0.6 is 0 Å². The van der Waals surface area contributed by atoms with Gasteiger partial charge in [-0.15, -0.1) is 0 Å². The average molecular weight is 348 g/mol. The van der Waals surface area contributed by atoms with E-state index in [1.807, 2.05) is 32.9 Å². The SMILES string of the molecule is Cc1cc(C)c(NC(=O)CN(C)CC(=O)NC(=O)NC(C)C)c(C)c1. The third kappa shape index (κ3) is 7.34. The van der Waals surface area contributed by atoms with E-state index in [0.717, 1.165) is 22.4 Å². The van der Waals surface area contributed by atoms with Crippen molar-refractivity contribution in [3.05, 3.63) is 28.8 Å². The molecule has 0 atom stereocenters. The maximum absolute atomic E-state index is 12.2. The lowest BCUT2D eigenvalue weighted by atomic mass is 10.1. The van der Waals surface area contributed by atoms with Crippen LogP contribution < -0.4 is 16.0 Å². The van der Waals surface area contributed by atoms with Crippen molar-refractivity contribution in [2.75, 3.05) is 25.5 Å². The molecule has 0 saturated heterocycles. The minimum atomic E-state index is -0.538. The smallest absolute Gasteiger partial charge is 0.321 e. The summed E-state index contributed by atoms with van der Waals surface area (Å²) in [5, 5.41) is 7.68. The number of anilines is 1. The van der Waals surface area contributed by atoms with E-state index in [1.54, 1.807) is 25.8 Å². The number of nitrogens with zero attached hydrogens (tertiary/aromatic N) is 1. The van der Waals surface area contributed by atoms with E-state index in [4.69, 9.17) is 0 Å². The summed E-state index contributed by atoms with van der Waals surface area (Å²) in [6.45, 7) is 9.50. The Labute approximate surface area is 149 Å². The maximum Gasteiger partial charge on any atom is 0.321 e. The van der Waals surface area contributed by atoms with Crippen LogP contribution in [-0.2, 0) is 9.59 Å². The second-order valence-electron chi connectivity index (χ2n) is 6.67. The highest BCUT2D eigenvalue weighted by Crippen LogP contribution is 2.21. The predicted octanol–water partition coefficient (Wildman–Crippen LogP) is 1.72. The topological polar surface area (TPSA) is 90.5 Å². The van der Waals surface area contributed by atoms with Crippen molar-refractivity contribution in [3.63, 3.8) is 0 Å². The summed E-state index contributed by atoms with van der Waals surface area (Å²) >= 11 is 0. The lowest BCUT2D eigenvalue weighted by Crippen LogP contribution is -2.46. The van der Waals surface area contributed by atoms with E-state index in [2.05, 4.69) is 16.0 Å². The molecule has 0 fully saturated rings. The number of nitrogens with one attached hydrogen (secondary N) is 3. The van der Waals surface area contributed by atoms with E-state index in [1.165, 1.54) is 0 Å². The number of benzene rings is 1. The van der Waals surface area contributed by atoms with Crippen LogP contribution in [0.25, 0.3) is 0 Å². The van der Waals surface area contributed by atoms with Gasteiger partial charge in [-0.3, -0.25) is 19.8 Å². The molecule has 1 rings (SSSR count). The van der Waals surface area contributed by atoms with Gasteiger partial charge in [0.05, 0.1) is 13.1 Å². The normalized spacial score (nSPS) is 10.7. The molecule has 138 valence electrons. The number of likely N-dealkylation sites (N-methyl/N-ethyl adjacent to an activating group) is 1. The Hall–Kier alpha value is -2.41. The van der Waals surface area contributed by atoms with Crippen molar-refractivity contribution in [3.8, 4) is 0 Å². The summed E-state index contributed by atoms with van der Waals surface area (Å²) in [7, 11) is 1.65. The Morgan fingerprint density at radius 3 is 2.04 bits per heavy atom. The van der Waals surface area contributed by atoms with Gasteiger partial charge >= 0.3 is 6.03 Å². The first-order valence-electron chi connectivity index (χ1n) is 8.25. The molecule has 3 N–H and O–H groups in total. The van der Waals surface area contributed by atoms with E-state index < -0.39 is 11.9 Å². The van der Waals surface area contributed by atoms with Crippen molar-refractivity contribution in [2.45, 2.75) is 40.7 Å². The number of amides is 4. The lowest BCUT2D eigenvalue weighted by Gasteiger charge is -2.18. The molecule has 0 aliphatic rings. The summed E-state index contributed by atoms with van der Waals surface area (Å²) in [4.78, 5) is 37.0. The van der Waals surface area contributed by atoms with Gasteiger partial charge in [-0.1, -0.05) is 17.7 Å². The van der Waals surface area contributed by atoms with Gasteiger partial charge in [-0.2, -0.15) is 0 Å². The molecule has 1 aromatic carbocycles. The van der Waals surface area contributed by atoms with Crippen molar-refractivity contribution in [1.82, 2.24) is 15.5 Å². The molecular formula is C18H28N4O3. The van der Waals surface area contributed by atoms with Crippen LogP contribution in [0.2, 0.25) is 0 Å². The zero-order valence-electron chi connectivity index (χ0n) is 15.8. The van der Waals surface area contributed by atoms with Gasteiger partial charge in [0.2, 0.25) is 11.8 Å². The number of carbonyl (C=O) groups excluding carboxylic acids is 3. The number of imide groups is 1. The van der Waals surface area contributed by atoms with Crippen molar-refractivity contribution >= 4 is 23.5 Å². The zero-order chi connectivity index (χ0) is 19.1. The standard InChI is InChI=1S/C18H28N4O3/c1-11(2)19-18(25)21-16(24)10-22(6)9-15(23)20-17-13(4)7-12(3)8-14(17)5/h7-8,11H,9-10H2,1-6H3,(H,20,23)(H2,19,21,24,25). The fourth-order valence-electron chi connectivity index (χ4n) is 2.57. The Balaban J connectivity index is 2.52. The number of rotatable bonds is 6. The molecule has 0 saturated carbocycles. The number of aryl methyl sites for hydroxylation is 3. The van der Waals surface area contributed by atoms with Gasteiger partial charge < -0.3 is 10.6 Å². The maximum atomic E-state index is 12.2. The van der Waals surface area contributed by atoms with Gasteiger partial charge in [0.25, 0.3) is 0 Å². The van der Waals surface area contributed by atoms with Gasteiger partial charge in [0.15, 0.2) is 0 Å². The number of carbonyl (C=O) groups is 3. The summed E-state index contributed by atoms with van der Waals surface area (Å²) in [5.74, 6) is -0.673. The molecule has 0 unspecified atom stereocenters. The molecule has 1 aromatic rings. The second-order valence-corrected chi connectivity index (χ2v) is 6.67. The highest BCUT2D eigenvalue weighted by molar-refractivity contribution is 5.96. The molecule has 0 heterocycles. The summed E-state index contributed by atoms with van der Waals surface area (Å²) in [6, 6.07) is 3.42. The first kappa shape index (κ1) is 20.6. The largest absolute Gasteiger partial charge is 0.336 e. The van der Waals surface area contributed by atoms with Gasteiger partial charge in [-0.05, 0) is 52.8 Å². The first-order valence-corrected chi connectivity index (χ1v) is 8.25. The van der Waals surface area contributed by atoms with E-state index in [-0.39, 0.29) is 25.0 Å². The van der Waals surface area contributed by atoms with E-state index >= 15 is 0 Å². The number of urea groups is 1. The van der Waals surface area contributed by atoms with Gasteiger partial charge in [0, 0.05) is 11.7 Å². The number of hydrogen-bond donors (Lipinski definition) is 3. The molecule has 0 aliphatic heterocycles. The predicted molar refractivity (Wildman–Crippen MR) is 98.6 cm³/mol. The molecular weight excluding hydrogens is 320 g/mol. The Bertz CT molecular complexity index is 633. The van der Waals surface area contributed by atoms with Crippen LogP contribution in [0.4, 0.5) is 10.5 Å². The van der Waals surface area contributed by atoms with E-state index in [0.29, 0.717) is 0 Å². The molecule has 7 nitrogen and oxygen atoms in total. The average Bonchev–Trinajstić information content (AvgIpc) is 2.40. The summed E-state index contributed by atoms with van der Waals surface area (Å²) < 4.78 is 0. The lowest BCUT2D eigenvalue weighted by molar-refractivity contribution is -0.122. The minimum Gasteiger partial charge on any atom is -0.336 e. The molecule has 0 radical (unpaired) electrons. The highest BCUT2D eigenvalue weighted by atomic mass is 16.2. The Morgan fingerprint density at radius 2 is 1.52 bits per heavy atom. The monoisotopic (exact) mass is 348 g/mol. The highest BCUT2D eigenvalue weighted by Gasteiger charge is 2.14. The minimum absolute atomic E-state index is 0.0476. The van der Waals surface area contributed by atoms with Crippen LogP contribution in [-0.4, -0.2) is 48.9 Å².